The number of rotatable bonds is 3. The van der Waals surface area contributed by atoms with Crippen molar-refractivity contribution in [2.24, 2.45) is 0 Å². The summed E-state index contributed by atoms with van der Waals surface area (Å²) in [6.07, 6.45) is 1.73. The van der Waals surface area contributed by atoms with E-state index in [0.29, 0.717) is 0 Å². The fraction of sp³-hybridized carbons (Fsp3) is 0.333. The van der Waals surface area contributed by atoms with Crippen LogP contribution in [0.15, 0.2) is 28.9 Å². The smallest absolute Gasteiger partial charge is 0.109 e. The lowest BCUT2D eigenvalue weighted by Gasteiger charge is -2.15. The van der Waals surface area contributed by atoms with E-state index in [1.165, 1.54) is 0 Å². The lowest BCUT2D eigenvalue weighted by Crippen LogP contribution is -2.04. The second-order valence-corrected chi connectivity index (χ2v) is 4.92. The van der Waals surface area contributed by atoms with Gasteiger partial charge >= 0.3 is 0 Å². The molecule has 18 heavy (non-hydrogen) atoms. The SMILES string of the molecule is CCc1occc1C(O)c1cc(C)c(Cl)cc1C. The molecule has 0 saturated heterocycles. The van der Waals surface area contributed by atoms with Crippen molar-refractivity contribution in [3.05, 3.63) is 57.5 Å². The van der Waals surface area contributed by atoms with E-state index in [0.717, 1.165) is 39.5 Å². The molecule has 96 valence electrons. The molecule has 1 N–H and O–H groups in total. The van der Waals surface area contributed by atoms with Crippen LogP contribution in [0.25, 0.3) is 0 Å². The van der Waals surface area contributed by atoms with Crippen molar-refractivity contribution in [2.75, 3.05) is 0 Å². The maximum Gasteiger partial charge on any atom is 0.109 e. The van der Waals surface area contributed by atoms with Crippen molar-refractivity contribution in [1.82, 2.24) is 0 Å². The normalized spacial score (nSPS) is 12.7. The summed E-state index contributed by atoms with van der Waals surface area (Å²) < 4.78 is 5.36. The van der Waals surface area contributed by atoms with Crippen LogP contribution in [0, 0.1) is 13.8 Å². The Labute approximate surface area is 112 Å². The molecule has 1 unspecified atom stereocenters. The van der Waals surface area contributed by atoms with Crippen LogP contribution in [0.1, 0.15) is 41.0 Å². The summed E-state index contributed by atoms with van der Waals surface area (Å²) in [6.45, 7) is 5.90. The van der Waals surface area contributed by atoms with Crippen LogP contribution in [0.2, 0.25) is 5.02 Å². The number of aliphatic hydroxyl groups is 1. The molecule has 3 heteroatoms. The van der Waals surface area contributed by atoms with Crippen molar-refractivity contribution in [3.63, 3.8) is 0 Å². The van der Waals surface area contributed by atoms with Gasteiger partial charge in [-0.1, -0.05) is 24.6 Å². The van der Waals surface area contributed by atoms with E-state index in [9.17, 15) is 5.11 Å². The molecule has 1 heterocycles. The molecule has 0 aliphatic carbocycles. The third kappa shape index (κ3) is 2.31. The highest BCUT2D eigenvalue weighted by atomic mass is 35.5. The van der Waals surface area contributed by atoms with Crippen LogP contribution in [0.5, 0.6) is 0 Å². The summed E-state index contributed by atoms with van der Waals surface area (Å²) >= 11 is 6.07. The molecule has 1 atom stereocenters. The van der Waals surface area contributed by atoms with Crippen LogP contribution in [-0.4, -0.2) is 5.11 Å². The number of halogens is 1. The van der Waals surface area contributed by atoms with E-state index in [4.69, 9.17) is 16.0 Å². The second kappa shape index (κ2) is 5.17. The molecule has 1 aromatic heterocycles. The average molecular weight is 265 g/mol. The number of benzene rings is 1. The monoisotopic (exact) mass is 264 g/mol. The van der Waals surface area contributed by atoms with Gasteiger partial charge in [0.05, 0.1) is 6.26 Å². The third-order valence-corrected chi connectivity index (χ3v) is 3.64. The minimum atomic E-state index is -0.658. The van der Waals surface area contributed by atoms with Gasteiger partial charge in [-0.05, 0) is 42.7 Å². The molecule has 0 bridgehead atoms. The van der Waals surface area contributed by atoms with Gasteiger partial charge in [0, 0.05) is 17.0 Å². The highest BCUT2D eigenvalue weighted by Crippen LogP contribution is 2.31. The minimum absolute atomic E-state index is 0.658. The lowest BCUT2D eigenvalue weighted by atomic mass is 9.95. The Balaban J connectivity index is 2.46. The van der Waals surface area contributed by atoms with Crippen LogP contribution >= 0.6 is 11.6 Å². The van der Waals surface area contributed by atoms with Gasteiger partial charge in [-0.3, -0.25) is 0 Å². The predicted octanol–water partition coefficient (Wildman–Crippen LogP) is 4.19. The maximum atomic E-state index is 10.5. The summed E-state index contributed by atoms with van der Waals surface area (Å²) in [4.78, 5) is 0. The van der Waals surface area contributed by atoms with E-state index in [1.807, 2.05) is 39.0 Å². The van der Waals surface area contributed by atoms with Crippen LogP contribution in [0.3, 0.4) is 0 Å². The van der Waals surface area contributed by atoms with E-state index in [1.54, 1.807) is 6.26 Å². The number of hydrogen-bond acceptors (Lipinski definition) is 2. The minimum Gasteiger partial charge on any atom is -0.469 e. The quantitative estimate of drug-likeness (QED) is 0.902. The largest absolute Gasteiger partial charge is 0.469 e. The summed E-state index contributed by atoms with van der Waals surface area (Å²) in [6, 6.07) is 5.66. The zero-order valence-electron chi connectivity index (χ0n) is 10.8. The van der Waals surface area contributed by atoms with Gasteiger partial charge in [-0.15, -0.1) is 0 Å². The lowest BCUT2D eigenvalue weighted by molar-refractivity contribution is 0.216. The first-order valence-corrected chi connectivity index (χ1v) is 6.43. The fourth-order valence-corrected chi connectivity index (χ4v) is 2.37. The van der Waals surface area contributed by atoms with Gasteiger partial charge in [-0.2, -0.15) is 0 Å². The first-order valence-electron chi connectivity index (χ1n) is 6.05. The third-order valence-electron chi connectivity index (χ3n) is 3.24. The summed E-state index contributed by atoms with van der Waals surface area (Å²) in [7, 11) is 0. The maximum absolute atomic E-state index is 10.5. The van der Waals surface area contributed by atoms with Crippen molar-refractivity contribution >= 4 is 11.6 Å². The van der Waals surface area contributed by atoms with Crippen LogP contribution in [0.4, 0.5) is 0 Å². The van der Waals surface area contributed by atoms with Gasteiger partial charge in [0.15, 0.2) is 0 Å². The molecule has 0 aliphatic rings. The topological polar surface area (TPSA) is 33.4 Å². The molecule has 1 aromatic carbocycles. The highest BCUT2D eigenvalue weighted by molar-refractivity contribution is 6.31. The zero-order chi connectivity index (χ0) is 13.3. The van der Waals surface area contributed by atoms with E-state index in [-0.39, 0.29) is 0 Å². The Morgan fingerprint density at radius 2 is 1.94 bits per heavy atom. The van der Waals surface area contributed by atoms with Gasteiger partial charge in [0.1, 0.15) is 11.9 Å². The number of hydrogen-bond donors (Lipinski definition) is 1. The van der Waals surface area contributed by atoms with Crippen LogP contribution < -0.4 is 0 Å². The van der Waals surface area contributed by atoms with Crippen molar-refractivity contribution in [1.29, 1.82) is 0 Å². The Morgan fingerprint density at radius 3 is 2.61 bits per heavy atom. The number of furan rings is 1. The van der Waals surface area contributed by atoms with Crippen molar-refractivity contribution in [3.8, 4) is 0 Å². The molecule has 0 saturated carbocycles. The highest BCUT2D eigenvalue weighted by Gasteiger charge is 2.18. The Morgan fingerprint density at radius 1 is 1.22 bits per heavy atom. The summed E-state index contributed by atoms with van der Waals surface area (Å²) in [5, 5.41) is 11.2. The zero-order valence-corrected chi connectivity index (χ0v) is 11.6. The molecule has 2 rings (SSSR count). The molecular formula is C15H17ClO2. The van der Waals surface area contributed by atoms with Gasteiger partial charge < -0.3 is 9.52 Å². The van der Waals surface area contributed by atoms with Gasteiger partial charge in [-0.25, -0.2) is 0 Å². The predicted molar refractivity (Wildman–Crippen MR) is 73.1 cm³/mol. The first-order chi connectivity index (χ1) is 8.54. The molecule has 2 nitrogen and oxygen atoms in total. The Kier molecular flexibility index (Phi) is 3.79. The summed E-state index contributed by atoms with van der Waals surface area (Å²) in [5.74, 6) is 0.828. The van der Waals surface area contributed by atoms with Gasteiger partial charge in [0.25, 0.3) is 0 Å². The van der Waals surface area contributed by atoms with E-state index >= 15 is 0 Å². The standard InChI is InChI=1S/C15H17ClO2/c1-4-14-11(5-6-18-14)15(17)12-7-10(3)13(16)8-9(12)2/h5-8,15,17H,4H2,1-3H3. The van der Waals surface area contributed by atoms with Gasteiger partial charge in [0.2, 0.25) is 0 Å². The number of aliphatic hydroxyl groups excluding tert-OH is 1. The first kappa shape index (κ1) is 13.2. The molecule has 2 aromatic rings. The second-order valence-electron chi connectivity index (χ2n) is 4.51. The molecule has 0 fully saturated rings. The van der Waals surface area contributed by atoms with Crippen molar-refractivity contribution < 1.29 is 9.52 Å². The van der Waals surface area contributed by atoms with Crippen LogP contribution in [-0.2, 0) is 6.42 Å². The van der Waals surface area contributed by atoms with Crippen molar-refractivity contribution in [2.45, 2.75) is 33.3 Å². The molecular weight excluding hydrogens is 248 g/mol. The average Bonchev–Trinajstić information content (AvgIpc) is 2.81. The fourth-order valence-electron chi connectivity index (χ4n) is 2.15. The molecule has 0 radical (unpaired) electrons. The Bertz CT molecular complexity index is 558. The molecule has 0 spiro atoms. The molecule has 0 amide bonds. The summed E-state index contributed by atoms with van der Waals surface area (Å²) in [5.41, 5.74) is 3.68. The van der Waals surface area contributed by atoms with E-state index < -0.39 is 6.10 Å². The molecule has 0 aliphatic heterocycles. The number of aryl methyl sites for hydroxylation is 3. The van der Waals surface area contributed by atoms with E-state index in [2.05, 4.69) is 0 Å². The Hall–Kier alpha value is -1.25.